The second-order valence-corrected chi connectivity index (χ2v) is 4.75. The molecule has 0 N–H and O–H groups in total. The SMILES string of the molecule is CC(C)C(=O)N1CCCC(CBr)C1. The van der Waals surface area contributed by atoms with E-state index in [1.165, 1.54) is 6.42 Å². The molecule has 0 aliphatic carbocycles. The molecule has 1 amide bonds. The summed E-state index contributed by atoms with van der Waals surface area (Å²) in [5.41, 5.74) is 0. The minimum absolute atomic E-state index is 0.147. The Bertz CT molecular complexity index is 182. The van der Waals surface area contributed by atoms with Crippen molar-refractivity contribution in [1.29, 1.82) is 0 Å². The number of alkyl halides is 1. The molecule has 76 valence electrons. The number of carbonyl (C=O) groups excluding carboxylic acids is 1. The molecule has 1 fully saturated rings. The van der Waals surface area contributed by atoms with Gasteiger partial charge in [-0.25, -0.2) is 0 Å². The van der Waals surface area contributed by atoms with Crippen molar-refractivity contribution < 1.29 is 4.79 Å². The van der Waals surface area contributed by atoms with E-state index < -0.39 is 0 Å². The maximum atomic E-state index is 11.7. The van der Waals surface area contributed by atoms with Crippen LogP contribution in [0.4, 0.5) is 0 Å². The summed E-state index contributed by atoms with van der Waals surface area (Å²) < 4.78 is 0. The third kappa shape index (κ3) is 2.97. The Hall–Kier alpha value is -0.0500. The van der Waals surface area contributed by atoms with Crippen molar-refractivity contribution in [3.8, 4) is 0 Å². The van der Waals surface area contributed by atoms with Crippen molar-refractivity contribution >= 4 is 21.8 Å². The molecule has 0 bridgehead atoms. The Morgan fingerprint density at radius 2 is 2.31 bits per heavy atom. The van der Waals surface area contributed by atoms with Gasteiger partial charge < -0.3 is 4.90 Å². The van der Waals surface area contributed by atoms with Gasteiger partial charge in [0.15, 0.2) is 0 Å². The predicted molar refractivity (Wildman–Crippen MR) is 57.9 cm³/mol. The first-order valence-corrected chi connectivity index (χ1v) is 6.12. The Morgan fingerprint density at radius 1 is 1.62 bits per heavy atom. The third-order valence-electron chi connectivity index (χ3n) is 2.54. The molecular formula is C10H18BrNO. The van der Waals surface area contributed by atoms with Crippen LogP contribution in [0.15, 0.2) is 0 Å². The Morgan fingerprint density at radius 3 is 2.85 bits per heavy atom. The molecule has 1 heterocycles. The molecule has 1 unspecified atom stereocenters. The van der Waals surface area contributed by atoms with Crippen molar-refractivity contribution in [3.63, 3.8) is 0 Å². The molecule has 1 saturated heterocycles. The van der Waals surface area contributed by atoms with Crippen LogP contribution in [0.25, 0.3) is 0 Å². The van der Waals surface area contributed by atoms with Crippen molar-refractivity contribution in [1.82, 2.24) is 4.90 Å². The first kappa shape index (κ1) is 11.0. The highest BCUT2D eigenvalue weighted by Crippen LogP contribution is 2.19. The van der Waals surface area contributed by atoms with E-state index in [-0.39, 0.29) is 5.92 Å². The summed E-state index contributed by atoms with van der Waals surface area (Å²) in [5, 5.41) is 1.02. The summed E-state index contributed by atoms with van der Waals surface area (Å²) in [4.78, 5) is 13.7. The molecule has 0 aromatic carbocycles. The van der Waals surface area contributed by atoms with Gasteiger partial charge in [0.05, 0.1) is 0 Å². The van der Waals surface area contributed by atoms with Crippen molar-refractivity contribution in [2.75, 3.05) is 18.4 Å². The summed E-state index contributed by atoms with van der Waals surface area (Å²) in [7, 11) is 0. The summed E-state index contributed by atoms with van der Waals surface area (Å²) >= 11 is 3.49. The number of likely N-dealkylation sites (tertiary alicyclic amines) is 1. The molecule has 1 aliphatic heterocycles. The van der Waals surface area contributed by atoms with Crippen LogP contribution in [0.2, 0.25) is 0 Å². The van der Waals surface area contributed by atoms with Crippen molar-refractivity contribution in [2.45, 2.75) is 26.7 Å². The van der Waals surface area contributed by atoms with Gasteiger partial charge in [-0.2, -0.15) is 0 Å². The van der Waals surface area contributed by atoms with E-state index in [0.29, 0.717) is 11.8 Å². The quantitative estimate of drug-likeness (QED) is 0.686. The van der Waals surface area contributed by atoms with E-state index >= 15 is 0 Å². The molecule has 0 spiro atoms. The zero-order valence-electron chi connectivity index (χ0n) is 8.42. The molecule has 1 aliphatic rings. The normalized spacial score (nSPS) is 23.7. The second kappa shape index (κ2) is 4.99. The topological polar surface area (TPSA) is 20.3 Å². The minimum Gasteiger partial charge on any atom is -0.342 e. The van der Waals surface area contributed by atoms with Crippen molar-refractivity contribution in [2.24, 2.45) is 11.8 Å². The Balaban J connectivity index is 2.46. The lowest BCUT2D eigenvalue weighted by Gasteiger charge is -2.33. The summed E-state index contributed by atoms with van der Waals surface area (Å²) in [6, 6.07) is 0. The zero-order valence-corrected chi connectivity index (χ0v) is 10.0. The van der Waals surface area contributed by atoms with E-state index in [1.807, 2.05) is 18.7 Å². The molecular weight excluding hydrogens is 230 g/mol. The molecule has 0 radical (unpaired) electrons. The standard InChI is InChI=1S/C10H18BrNO/c1-8(2)10(13)12-5-3-4-9(6-11)7-12/h8-9H,3-7H2,1-2H3. The van der Waals surface area contributed by atoms with Gasteiger partial charge in [0.25, 0.3) is 0 Å². The molecule has 1 rings (SSSR count). The van der Waals surface area contributed by atoms with E-state index in [1.54, 1.807) is 0 Å². The highest BCUT2D eigenvalue weighted by Gasteiger charge is 2.24. The highest BCUT2D eigenvalue weighted by molar-refractivity contribution is 9.09. The van der Waals surface area contributed by atoms with E-state index in [0.717, 1.165) is 24.8 Å². The minimum atomic E-state index is 0.147. The highest BCUT2D eigenvalue weighted by atomic mass is 79.9. The van der Waals surface area contributed by atoms with Crippen LogP contribution in [-0.2, 0) is 4.79 Å². The number of hydrogen-bond donors (Lipinski definition) is 0. The number of halogens is 1. The smallest absolute Gasteiger partial charge is 0.225 e. The molecule has 0 aromatic rings. The molecule has 1 atom stereocenters. The van der Waals surface area contributed by atoms with Crippen LogP contribution in [0.5, 0.6) is 0 Å². The van der Waals surface area contributed by atoms with E-state index in [2.05, 4.69) is 15.9 Å². The number of carbonyl (C=O) groups is 1. The second-order valence-electron chi connectivity index (χ2n) is 4.10. The number of amides is 1. The van der Waals surface area contributed by atoms with Crippen LogP contribution in [0.3, 0.4) is 0 Å². The number of nitrogens with zero attached hydrogens (tertiary/aromatic N) is 1. The largest absolute Gasteiger partial charge is 0.342 e. The van der Waals surface area contributed by atoms with Crippen LogP contribution >= 0.6 is 15.9 Å². The van der Waals surface area contributed by atoms with Crippen LogP contribution in [0, 0.1) is 11.8 Å². The van der Waals surface area contributed by atoms with Crippen LogP contribution in [-0.4, -0.2) is 29.2 Å². The lowest BCUT2D eigenvalue weighted by atomic mass is 9.99. The monoisotopic (exact) mass is 247 g/mol. The van der Waals surface area contributed by atoms with Crippen molar-refractivity contribution in [3.05, 3.63) is 0 Å². The fourth-order valence-electron chi connectivity index (χ4n) is 1.76. The lowest BCUT2D eigenvalue weighted by Crippen LogP contribution is -2.42. The number of piperidine rings is 1. The van der Waals surface area contributed by atoms with Gasteiger partial charge in [-0.15, -0.1) is 0 Å². The number of hydrogen-bond acceptors (Lipinski definition) is 1. The van der Waals surface area contributed by atoms with Crippen LogP contribution in [0.1, 0.15) is 26.7 Å². The van der Waals surface area contributed by atoms with Crippen LogP contribution < -0.4 is 0 Å². The average molecular weight is 248 g/mol. The Kier molecular flexibility index (Phi) is 4.23. The summed E-state index contributed by atoms with van der Waals surface area (Å²) in [6.07, 6.45) is 2.42. The number of rotatable bonds is 2. The molecule has 13 heavy (non-hydrogen) atoms. The maximum absolute atomic E-state index is 11.7. The van der Waals surface area contributed by atoms with E-state index in [4.69, 9.17) is 0 Å². The summed E-state index contributed by atoms with van der Waals surface area (Å²) in [6.45, 7) is 5.85. The lowest BCUT2D eigenvalue weighted by molar-refractivity contribution is -0.136. The zero-order chi connectivity index (χ0) is 9.84. The summed E-state index contributed by atoms with van der Waals surface area (Å²) in [5.74, 6) is 1.12. The van der Waals surface area contributed by atoms with Gasteiger partial charge >= 0.3 is 0 Å². The van der Waals surface area contributed by atoms with Gasteiger partial charge in [-0.05, 0) is 18.8 Å². The first-order chi connectivity index (χ1) is 6.15. The first-order valence-electron chi connectivity index (χ1n) is 5.00. The van der Waals surface area contributed by atoms with Gasteiger partial charge in [0, 0.05) is 24.3 Å². The fraction of sp³-hybridized carbons (Fsp3) is 0.900. The molecule has 0 saturated carbocycles. The third-order valence-corrected chi connectivity index (χ3v) is 3.46. The maximum Gasteiger partial charge on any atom is 0.225 e. The van der Waals surface area contributed by atoms with Gasteiger partial charge in [0.2, 0.25) is 5.91 Å². The predicted octanol–water partition coefficient (Wildman–Crippen LogP) is 2.28. The molecule has 2 nitrogen and oxygen atoms in total. The Labute approximate surface area is 88.8 Å². The average Bonchev–Trinajstić information content (AvgIpc) is 2.16. The van der Waals surface area contributed by atoms with Gasteiger partial charge in [-0.1, -0.05) is 29.8 Å². The fourth-order valence-corrected chi connectivity index (χ4v) is 2.28. The molecule has 3 heteroatoms. The van der Waals surface area contributed by atoms with Gasteiger partial charge in [-0.3, -0.25) is 4.79 Å². The van der Waals surface area contributed by atoms with Gasteiger partial charge in [0.1, 0.15) is 0 Å². The molecule has 0 aromatic heterocycles. The van der Waals surface area contributed by atoms with E-state index in [9.17, 15) is 4.79 Å².